The first-order chi connectivity index (χ1) is 17.4. The molecule has 1 aliphatic rings. The van der Waals surface area contributed by atoms with Gasteiger partial charge in [-0.3, -0.25) is 0 Å². The monoisotopic (exact) mass is 536 g/mol. The lowest BCUT2D eigenvalue weighted by Crippen LogP contribution is -2.45. The molecule has 0 bridgehead atoms. The third-order valence-corrected chi connectivity index (χ3v) is 7.09. The van der Waals surface area contributed by atoms with Crippen molar-refractivity contribution in [1.29, 1.82) is 0 Å². The Morgan fingerprint density at radius 1 is 0.838 bits per heavy atom. The summed E-state index contributed by atoms with van der Waals surface area (Å²) in [6.07, 6.45) is -7.00. The molecular weight excluding hydrogens is 504 g/mol. The molecule has 1 saturated carbocycles. The van der Waals surface area contributed by atoms with Crippen LogP contribution in [-0.2, 0) is 12.8 Å². The third-order valence-electron chi connectivity index (χ3n) is 7.09. The quantitative estimate of drug-likeness (QED) is 0.205. The summed E-state index contributed by atoms with van der Waals surface area (Å²) < 4.78 is 109. The summed E-state index contributed by atoms with van der Waals surface area (Å²) in [4.78, 5) is 0. The van der Waals surface area contributed by atoms with Gasteiger partial charge >= 0.3 is 12.3 Å². The smallest absolute Gasteiger partial charge is 0.427 e. The van der Waals surface area contributed by atoms with Gasteiger partial charge in [0, 0.05) is 0 Å². The molecule has 0 aromatic heterocycles. The zero-order valence-electron chi connectivity index (χ0n) is 20.7. The predicted molar refractivity (Wildman–Crippen MR) is 126 cm³/mol. The highest BCUT2D eigenvalue weighted by molar-refractivity contribution is 5.30. The van der Waals surface area contributed by atoms with E-state index in [1.807, 2.05) is 12.1 Å². The fourth-order valence-electron chi connectivity index (χ4n) is 4.94. The molecule has 2 aromatic carbocycles. The maximum Gasteiger partial charge on any atom is 0.439 e. The molecule has 0 N–H and O–H groups in total. The number of unbranched alkanes of at least 4 members (excludes halogenated alkanes) is 2. The van der Waals surface area contributed by atoms with Crippen LogP contribution < -0.4 is 4.74 Å². The Labute approximate surface area is 212 Å². The minimum Gasteiger partial charge on any atom is -0.427 e. The second-order valence-electron chi connectivity index (χ2n) is 9.90. The number of ether oxygens (including phenoxy) is 1. The van der Waals surface area contributed by atoms with Crippen molar-refractivity contribution in [2.24, 2.45) is 5.92 Å². The molecule has 0 radical (unpaired) electrons. The van der Waals surface area contributed by atoms with Crippen molar-refractivity contribution < 1.29 is 39.9 Å². The van der Waals surface area contributed by atoms with E-state index in [-0.39, 0.29) is 11.7 Å². The Morgan fingerprint density at radius 2 is 1.46 bits per heavy atom. The first-order valence-electron chi connectivity index (χ1n) is 12.7. The van der Waals surface area contributed by atoms with Crippen molar-refractivity contribution in [2.75, 3.05) is 0 Å². The van der Waals surface area contributed by atoms with Gasteiger partial charge in [-0.2, -0.15) is 22.0 Å². The average Bonchev–Trinajstić information content (AvgIpc) is 2.84. The number of hydrogen-bond acceptors (Lipinski definition) is 1. The van der Waals surface area contributed by atoms with E-state index in [1.54, 1.807) is 6.07 Å². The van der Waals surface area contributed by atoms with Crippen LogP contribution in [0.15, 0.2) is 36.4 Å². The summed E-state index contributed by atoms with van der Waals surface area (Å²) in [5, 5.41) is 0. The molecule has 1 fully saturated rings. The zero-order valence-corrected chi connectivity index (χ0v) is 20.7. The van der Waals surface area contributed by atoms with E-state index < -0.39 is 30.0 Å². The van der Waals surface area contributed by atoms with Crippen LogP contribution in [0.25, 0.3) is 0 Å². The molecule has 1 atom stereocenters. The second kappa shape index (κ2) is 12.5. The van der Waals surface area contributed by atoms with Crippen LogP contribution in [0, 0.1) is 17.6 Å². The number of alkyl halides is 6. The van der Waals surface area contributed by atoms with Crippen molar-refractivity contribution in [2.45, 2.75) is 95.5 Å². The zero-order chi connectivity index (χ0) is 27.2. The van der Waals surface area contributed by atoms with Gasteiger partial charge in [-0.25, -0.2) is 13.2 Å². The van der Waals surface area contributed by atoms with Crippen LogP contribution in [-0.4, -0.2) is 18.5 Å². The van der Waals surface area contributed by atoms with E-state index in [0.29, 0.717) is 24.3 Å². The van der Waals surface area contributed by atoms with Gasteiger partial charge in [0.2, 0.25) is 0 Å². The van der Waals surface area contributed by atoms with Gasteiger partial charge < -0.3 is 4.74 Å². The maximum atomic E-state index is 14.7. The standard InChI is InChI=1S/C28H32F8O/c1-2-3-4-5-19-10-14-22(23(29)16-19)21-12-8-18(9-13-21)6-7-20-11-15-25(24(30)17-20)37-28(35,36)26(31)27(32,33)34/h10-11,14-18,21,26H,2-9,12-13H2,1H3. The first-order valence-corrected chi connectivity index (χ1v) is 12.7. The number of hydrogen-bond donors (Lipinski definition) is 0. The molecule has 0 aliphatic heterocycles. The Bertz CT molecular complexity index is 1010. The molecule has 3 rings (SSSR count). The minimum absolute atomic E-state index is 0.146. The van der Waals surface area contributed by atoms with Crippen molar-refractivity contribution in [3.05, 3.63) is 64.7 Å². The van der Waals surface area contributed by atoms with Gasteiger partial charge in [0.15, 0.2) is 11.6 Å². The van der Waals surface area contributed by atoms with Crippen LogP contribution in [0.4, 0.5) is 35.1 Å². The highest BCUT2D eigenvalue weighted by atomic mass is 19.4. The van der Waals surface area contributed by atoms with Gasteiger partial charge in [0.05, 0.1) is 0 Å². The fourth-order valence-corrected chi connectivity index (χ4v) is 4.94. The third kappa shape index (κ3) is 8.08. The molecule has 1 unspecified atom stereocenters. The summed E-state index contributed by atoms with van der Waals surface area (Å²) in [5.74, 6) is -2.12. The van der Waals surface area contributed by atoms with E-state index in [0.717, 1.165) is 74.6 Å². The van der Waals surface area contributed by atoms with Crippen LogP contribution in [0.3, 0.4) is 0 Å². The first kappa shape index (κ1) is 29.2. The van der Waals surface area contributed by atoms with E-state index in [9.17, 15) is 35.1 Å². The second-order valence-corrected chi connectivity index (χ2v) is 9.90. The Kier molecular flexibility index (Phi) is 9.86. The highest BCUT2D eigenvalue weighted by Gasteiger charge is 2.59. The van der Waals surface area contributed by atoms with Gasteiger partial charge in [-0.1, -0.05) is 38.0 Å². The maximum absolute atomic E-state index is 14.7. The number of benzene rings is 2. The summed E-state index contributed by atoms with van der Waals surface area (Å²) in [6, 6.07) is 8.53. The van der Waals surface area contributed by atoms with E-state index >= 15 is 0 Å². The lowest BCUT2D eigenvalue weighted by atomic mass is 9.76. The number of rotatable bonds is 11. The number of halogens is 8. The Hall–Kier alpha value is -2.32. The van der Waals surface area contributed by atoms with Gasteiger partial charge in [0.1, 0.15) is 5.82 Å². The molecule has 1 aliphatic carbocycles. The summed E-state index contributed by atoms with van der Waals surface area (Å²) in [7, 11) is 0. The molecule has 9 heteroatoms. The average molecular weight is 537 g/mol. The predicted octanol–water partition coefficient (Wildman–Crippen LogP) is 9.48. The summed E-state index contributed by atoms with van der Waals surface area (Å²) in [6.45, 7) is 2.13. The van der Waals surface area contributed by atoms with E-state index in [1.165, 1.54) is 6.07 Å². The van der Waals surface area contributed by atoms with E-state index in [4.69, 9.17) is 0 Å². The van der Waals surface area contributed by atoms with Gasteiger partial charge in [0.25, 0.3) is 6.17 Å². The molecule has 0 spiro atoms. The normalized spacial score (nSPS) is 19.6. The molecule has 0 amide bonds. The minimum atomic E-state index is -5.84. The molecule has 37 heavy (non-hydrogen) atoms. The van der Waals surface area contributed by atoms with Crippen LogP contribution >= 0.6 is 0 Å². The Morgan fingerprint density at radius 3 is 2.05 bits per heavy atom. The molecule has 0 saturated heterocycles. The van der Waals surface area contributed by atoms with Crippen LogP contribution in [0.5, 0.6) is 5.75 Å². The molecule has 206 valence electrons. The summed E-state index contributed by atoms with van der Waals surface area (Å²) in [5.41, 5.74) is 2.22. The largest absolute Gasteiger partial charge is 0.439 e. The van der Waals surface area contributed by atoms with E-state index in [2.05, 4.69) is 11.7 Å². The highest BCUT2D eigenvalue weighted by Crippen LogP contribution is 2.40. The molecule has 0 heterocycles. The number of aryl methyl sites for hydroxylation is 2. The van der Waals surface area contributed by atoms with Crippen LogP contribution in [0.1, 0.15) is 80.9 Å². The lowest BCUT2D eigenvalue weighted by Gasteiger charge is -2.29. The summed E-state index contributed by atoms with van der Waals surface area (Å²) >= 11 is 0. The molecule has 1 nitrogen and oxygen atoms in total. The fraction of sp³-hybridized carbons (Fsp3) is 0.571. The Balaban J connectivity index is 1.49. The lowest BCUT2D eigenvalue weighted by molar-refractivity contribution is -0.305. The topological polar surface area (TPSA) is 9.23 Å². The molecule has 2 aromatic rings. The SMILES string of the molecule is CCCCCc1ccc(C2CCC(CCc3ccc(OC(F)(F)C(F)C(F)(F)F)c(F)c3)CC2)c(F)c1. The van der Waals surface area contributed by atoms with Crippen LogP contribution in [0.2, 0.25) is 0 Å². The van der Waals surface area contributed by atoms with Gasteiger partial charge in [-0.15, -0.1) is 0 Å². The molecular formula is C28H32F8O. The van der Waals surface area contributed by atoms with Crippen molar-refractivity contribution in [3.8, 4) is 5.75 Å². The van der Waals surface area contributed by atoms with Crippen molar-refractivity contribution in [1.82, 2.24) is 0 Å². The van der Waals surface area contributed by atoms with Crippen molar-refractivity contribution >= 4 is 0 Å². The van der Waals surface area contributed by atoms with Crippen molar-refractivity contribution in [3.63, 3.8) is 0 Å². The van der Waals surface area contributed by atoms with Gasteiger partial charge in [-0.05, 0) is 98.1 Å².